The number of hydrogen-bond donors (Lipinski definition) is 1. The summed E-state index contributed by atoms with van der Waals surface area (Å²) < 4.78 is 10.7. The molecule has 0 radical (unpaired) electrons. The first-order chi connectivity index (χ1) is 8.17. The van der Waals surface area contributed by atoms with E-state index < -0.39 is 0 Å². The highest BCUT2D eigenvalue weighted by molar-refractivity contribution is 5.42. The van der Waals surface area contributed by atoms with Crippen LogP contribution in [-0.4, -0.2) is 27.3 Å². The fraction of sp³-hybridized carbons (Fsp3) is 0.571. The van der Waals surface area contributed by atoms with Crippen molar-refractivity contribution in [3.8, 4) is 11.5 Å². The highest BCUT2D eigenvalue weighted by atomic mass is 16.5. The zero-order valence-electron chi connectivity index (χ0n) is 11.4. The maximum Gasteiger partial charge on any atom is 0.122 e. The second-order valence-corrected chi connectivity index (χ2v) is 4.20. The molecule has 0 saturated heterocycles. The SMILES string of the molecule is CCC(NC)C(C)c1cc(OC)ccc1OC. The van der Waals surface area contributed by atoms with E-state index in [0.29, 0.717) is 12.0 Å². The largest absolute Gasteiger partial charge is 0.497 e. The van der Waals surface area contributed by atoms with Crippen molar-refractivity contribution >= 4 is 0 Å². The normalized spacial score (nSPS) is 14.2. The molecular formula is C14H23NO2. The number of rotatable bonds is 6. The third kappa shape index (κ3) is 3.13. The van der Waals surface area contributed by atoms with Gasteiger partial charge in [-0.05, 0) is 31.7 Å². The first-order valence-electron chi connectivity index (χ1n) is 6.07. The summed E-state index contributed by atoms with van der Waals surface area (Å²) in [5.74, 6) is 2.18. The average Bonchev–Trinajstić information content (AvgIpc) is 2.39. The molecule has 1 N–H and O–H groups in total. The molecule has 2 atom stereocenters. The zero-order valence-corrected chi connectivity index (χ0v) is 11.4. The molecule has 0 saturated carbocycles. The van der Waals surface area contributed by atoms with Crippen LogP contribution >= 0.6 is 0 Å². The van der Waals surface area contributed by atoms with Gasteiger partial charge in [-0.2, -0.15) is 0 Å². The van der Waals surface area contributed by atoms with E-state index in [-0.39, 0.29) is 0 Å². The van der Waals surface area contributed by atoms with E-state index in [9.17, 15) is 0 Å². The Labute approximate surface area is 104 Å². The van der Waals surface area contributed by atoms with Crippen LogP contribution in [-0.2, 0) is 0 Å². The highest BCUT2D eigenvalue weighted by Crippen LogP contribution is 2.32. The van der Waals surface area contributed by atoms with E-state index in [1.165, 1.54) is 5.56 Å². The summed E-state index contributed by atoms with van der Waals surface area (Å²) in [6.07, 6.45) is 1.08. The van der Waals surface area contributed by atoms with Crippen LogP contribution in [0.2, 0.25) is 0 Å². The predicted octanol–water partition coefficient (Wildman–Crippen LogP) is 2.81. The van der Waals surface area contributed by atoms with E-state index in [4.69, 9.17) is 9.47 Å². The molecule has 3 heteroatoms. The van der Waals surface area contributed by atoms with Crippen LogP contribution in [0.25, 0.3) is 0 Å². The standard InChI is InChI=1S/C14H23NO2/c1-6-13(15-3)10(2)12-9-11(16-4)7-8-14(12)17-5/h7-10,13,15H,6H2,1-5H3. The second-order valence-electron chi connectivity index (χ2n) is 4.20. The lowest BCUT2D eigenvalue weighted by molar-refractivity contribution is 0.386. The number of likely N-dealkylation sites (N-methyl/N-ethyl adjacent to an activating group) is 1. The Kier molecular flexibility index (Phi) is 5.29. The Morgan fingerprint density at radius 2 is 1.94 bits per heavy atom. The molecule has 0 aliphatic carbocycles. The van der Waals surface area contributed by atoms with Crippen molar-refractivity contribution in [2.45, 2.75) is 32.2 Å². The molecule has 1 aromatic rings. The van der Waals surface area contributed by atoms with E-state index in [2.05, 4.69) is 25.2 Å². The maximum atomic E-state index is 5.42. The Hall–Kier alpha value is -1.22. The van der Waals surface area contributed by atoms with Crippen LogP contribution in [0.4, 0.5) is 0 Å². The van der Waals surface area contributed by atoms with Crippen molar-refractivity contribution in [1.29, 1.82) is 0 Å². The molecule has 0 aliphatic rings. The number of methoxy groups -OCH3 is 2. The molecule has 0 bridgehead atoms. The Balaban J connectivity index is 3.08. The summed E-state index contributed by atoms with van der Waals surface area (Å²) in [4.78, 5) is 0. The minimum Gasteiger partial charge on any atom is -0.497 e. The summed E-state index contributed by atoms with van der Waals surface area (Å²) >= 11 is 0. The maximum absolute atomic E-state index is 5.42. The number of nitrogens with one attached hydrogen (secondary N) is 1. The predicted molar refractivity (Wildman–Crippen MR) is 71.1 cm³/mol. The van der Waals surface area contributed by atoms with Gasteiger partial charge in [-0.15, -0.1) is 0 Å². The fourth-order valence-corrected chi connectivity index (χ4v) is 2.22. The van der Waals surface area contributed by atoms with Crippen molar-refractivity contribution in [2.24, 2.45) is 0 Å². The lowest BCUT2D eigenvalue weighted by Gasteiger charge is -2.24. The Morgan fingerprint density at radius 1 is 1.24 bits per heavy atom. The van der Waals surface area contributed by atoms with Crippen LogP contribution in [0.1, 0.15) is 31.7 Å². The zero-order chi connectivity index (χ0) is 12.8. The van der Waals surface area contributed by atoms with Gasteiger partial charge >= 0.3 is 0 Å². The molecule has 3 nitrogen and oxygen atoms in total. The van der Waals surface area contributed by atoms with Gasteiger partial charge in [0.2, 0.25) is 0 Å². The van der Waals surface area contributed by atoms with Crippen molar-refractivity contribution in [3.63, 3.8) is 0 Å². The summed E-state index contributed by atoms with van der Waals surface area (Å²) in [7, 11) is 5.39. The molecule has 2 unspecified atom stereocenters. The van der Waals surface area contributed by atoms with Gasteiger partial charge in [0.1, 0.15) is 11.5 Å². The fourth-order valence-electron chi connectivity index (χ4n) is 2.22. The average molecular weight is 237 g/mol. The van der Waals surface area contributed by atoms with E-state index >= 15 is 0 Å². The summed E-state index contributed by atoms with van der Waals surface area (Å²) in [6.45, 7) is 4.40. The summed E-state index contributed by atoms with van der Waals surface area (Å²) in [5.41, 5.74) is 1.19. The number of hydrogen-bond acceptors (Lipinski definition) is 3. The Morgan fingerprint density at radius 3 is 2.41 bits per heavy atom. The summed E-state index contributed by atoms with van der Waals surface area (Å²) in [6, 6.07) is 6.39. The third-order valence-electron chi connectivity index (χ3n) is 3.34. The topological polar surface area (TPSA) is 30.5 Å². The molecule has 96 valence electrons. The monoisotopic (exact) mass is 237 g/mol. The van der Waals surface area contributed by atoms with Crippen LogP contribution in [0, 0.1) is 0 Å². The molecule has 0 aromatic heterocycles. The van der Waals surface area contributed by atoms with Crippen molar-refractivity contribution in [2.75, 3.05) is 21.3 Å². The number of benzene rings is 1. The van der Waals surface area contributed by atoms with Crippen LogP contribution < -0.4 is 14.8 Å². The number of ether oxygens (including phenoxy) is 2. The van der Waals surface area contributed by atoms with Gasteiger partial charge in [-0.1, -0.05) is 13.8 Å². The molecule has 1 rings (SSSR count). The van der Waals surface area contributed by atoms with E-state index in [1.54, 1.807) is 14.2 Å². The van der Waals surface area contributed by atoms with Crippen molar-refractivity contribution in [3.05, 3.63) is 23.8 Å². The first-order valence-corrected chi connectivity index (χ1v) is 6.07. The molecular weight excluding hydrogens is 214 g/mol. The van der Waals surface area contributed by atoms with E-state index in [1.807, 2.05) is 19.2 Å². The van der Waals surface area contributed by atoms with Gasteiger partial charge < -0.3 is 14.8 Å². The molecule has 0 amide bonds. The van der Waals surface area contributed by atoms with Gasteiger partial charge in [0, 0.05) is 17.5 Å². The van der Waals surface area contributed by atoms with Gasteiger partial charge in [0.25, 0.3) is 0 Å². The van der Waals surface area contributed by atoms with Gasteiger partial charge in [-0.3, -0.25) is 0 Å². The van der Waals surface area contributed by atoms with Crippen LogP contribution in [0.15, 0.2) is 18.2 Å². The second kappa shape index (κ2) is 6.50. The van der Waals surface area contributed by atoms with Gasteiger partial charge in [0.15, 0.2) is 0 Å². The quantitative estimate of drug-likeness (QED) is 0.825. The highest BCUT2D eigenvalue weighted by Gasteiger charge is 2.19. The minimum absolute atomic E-state index is 0.384. The van der Waals surface area contributed by atoms with Crippen LogP contribution in [0.3, 0.4) is 0 Å². The molecule has 0 fully saturated rings. The smallest absolute Gasteiger partial charge is 0.122 e. The molecule has 1 aromatic carbocycles. The minimum atomic E-state index is 0.384. The van der Waals surface area contributed by atoms with Gasteiger partial charge in [-0.25, -0.2) is 0 Å². The molecule has 0 spiro atoms. The van der Waals surface area contributed by atoms with E-state index in [0.717, 1.165) is 17.9 Å². The van der Waals surface area contributed by atoms with Gasteiger partial charge in [0.05, 0.1) is 14.2 Å². The molecule has 0 aliphatic heterocycles. The van der Waals surface area contributed by atoms with Crippen LogP contribution in [0.5, 0.6) is 11.5 Å². The first kappa shape index (κ1) is 13.8. The lowest BCUT2D eigenvalue weighted by atomic mass is 9.91. The third-order valence-corrected chi connectivity index (χ3v) is 3.34. The van der Waals surface area contributed by atoms with Crippen molar-refractivity contribution in [1.82, 2.24) is 5.32 Å². The summed E-state index contributed by atoms with van der Waals surface area (Å²) in [5, 5.41) is 3.34. The van der Waals surface area contributed by atoms with Crippen molar-refractivity contribution < 1.29 is 9.47 Å². The molecule has 17 heavy (non-hydrogen) atoms. The Bertz CT molecular complexity index is 348. The molecule has 0 heterocycles. The lowest BCUT2D eigenvalue weighted by Crippen LogP contribution is -2.30.